The van der Waals surface area contributed by atoms with Crippen LogP contribution in [0.25, 0.3) is 0 Å². The Kier molecular flexibility index (Phi) is 12.2. The minimum Gasteiger partial charge on any atom is -0.494 e. The lowest BCUT2D eigenvalue weighted by atomic mass is 10.0. The molecule has 0 aliphatic rings. The van der Waals surface area contributed by atoms with Crippen LogP contribution in [0.3, 0.4) is 0 Å². The van der Waals surface area contributed by atoms with Crippen molar-refractivity contribution >= 4 is 27.5 Å². The number of benzene rings is 4. The number of hydrogen-bond donors (Lipinski definition) is 1. The van der Waals surface area contributed by atoms with Gasteiger partial charge in [0.05, 0.1) is 17.2 Å². The molecule has 0 heterocycles. The second kappa shape index (κ2) is 16.3. The van der Waals surface area contributed by atoms with Crippen LogP contribution in [0.4, 0.5) is 5.69 Å². The second-order valence-electron chi connectivity index (χ2n) is 12.1. The van der Waals surface area contributed by atoms with Gasteiger partial charge in [-0.05, 0) is 74.2 Å². The van der Waals surface area contributed by atoms with Crippen molar-refractivity contribution in [2.75, 3.05) is 24.0 Å². The summed E-state index contributed by atoms with van der Waals surface area (Å²) in [5.41, 5.74) is 4.07. The van der Waals surface area contributed by atoms with Crippen LogP contribution in [0, 0.1) is 19.8 Å². The van der Waals surface area contributed by atoms with E-state index in [1.807, 2.05) is 101 Å². The first-order chi connectivity index (χ1) is 22.5. The molecule has 248 valence electrons. The number of anilines is 1. The molecule has 4 aromatic rings. The predicted molar refractivity (Wildman–Crippen MR) is 187 cm³/mol. The van der Waals surface area contributed by atoms with Gasteiger partial charge >= 0.3 is 0 Å². The van der Waals surface area contributed by atoms with Crippen molar-refractivity contribution in [3.8, 4) is 5.75 Å². The summed E-state index contributed by atoms with van der Waals surface area (Å²) in [5.74, 6) is -0.0423. The van der Waals surface area contributed by atoms with Gasteiger partial charge in [-0.15, -0.1) is 0 Å². The van der Waals surface area contributed by atoms with Gasteiger partial charge in [-0.1, -0.05) is 91.7 Å². The highest BCUT2D eigenvalue weighted by Crippen LogP contribution is 2.27. The molecule has 0 aromatic heterocycles. The first-order valence-electron chi connectivity index (χ1n) is 16.0. The van der Waals surface area contributed by atoms with Crippen molar-refractivity contribution in [3.63, 3.8) is 0 Å². The van der Waals surface area contributed by atoms with E-state index in [-0.39, 0.29) is 29.7 Å². The molecule has 0 saturated heterocycles. The third-order valence-electron chi connectivity index (χ3n) is 7.75. The Morgan fingerprint density at radius 3 is 1.96 bits per heavy atom. The lowest BCUT2D eigenvalue weighted by molar-refractivity contribution is -0.140. The molecule has 4 aromatic carbocycles. The third kappa shape index (κ3) is 9.68. The summed E-state index contributed by atoms with van der Waals surface area (Å²) < 4.78 is 35.1. The third-order valence-corrected chi connectivity index (χ3v) is 9.54. The van der Waals surface area contributed by atoms with Crippen LogP contribution in [0.2, 0.25) is 0 Å². The number of carbonyl (C=O) groups is 2. The maximum absolute atomic E-state index is 14.6. The fourth-order valence-electron chi connectivity index (χ4n) is 5.11. The Balaban J connectivity index is 1.78. The molecule has 0 saturated carbocycles. The molecule has 0 radical (unpaired) electrons. The van der Waals surface area contributed by atoms with Gasteiger partial charge in [-0.3, -0.25) is 13.9 Å². The molecule has 0 aliphatic heterocycles. The zero-order chi connectivity index (χ0) is 34.0. The topological polar surface area (TPSA) is 96.0 Å². The normalized spacial score (nSPS) is 12.0. The number of hydrogen-bond acceptors (Lipinski definition) is 5. The molecule has 2 amide bonds. The van der Waals surface area contributed by atoms with Gasteiger partial charge in [0.25, 0.3) is 10.0 Å². The average molecular weight is 656 g/mol. The Morgan fingerprint density at radius 1 is 0.787 bits per heavy atom. The quantitative estimate of drug-likeness (QED) is 0.162. The standard InChI is InChI=1S/C38H45N3O5S/c1-6-46-34-20-22-35(23-21-34)47(44,45)41(33-18-14-30(5)15-19-33)27-37(42)40(26-32-16-12-29(4)13-17-32)36(38(43)39-25-28(2)3)24-31-10-8-7-9-11-31/h7-23,28,36H,6,24-27H2,1-5H3,(H,39,43)/t36-/m0/s1. The first-order valence-corrected chi connectivity index (χ1v) is 17.4. The zero-order valence-electron chi connectivity index (χ0n) is 27.8. The SMILES string of the molecule is CCOc1ccc(S(=O)(=O)N(CC(=O)N(Cc2ccc(C)cc2)[C@@H](Cc2ccccc2)C(=O)NCC(C)C)c2ccc(C)cc2)cc1. The van der Waals surface area contributed by atoms with Crippen molar-refractivity contribution in [2.45, 2.75) is 58.5 Å². The molecule has 0 fully saturated rings. The van der Waals surface area contributed by atoms with Crippen molar-refractivity contribution in [1.82, 2.24) is 10.2 Å². The van der Waals surface area contributed by atoms with Gasteiger partial charge in [0, 0.05) is 19.5 Å². The number of rotatable bonds is 15. The molecule has 8 nitrogen and oxygen atoms in total. The smallest absolute Gasteiger partial charge is 0.264 e. The molecular formula is C38H45N3O5S. The Labute approximate surface area is 279 Å². The molecule has 0 spiro atoms. The number of nitrogens with zero attached hydrogens (tertiary/aromatic N) is 2. The zero-order valence-corrected chi connectivity index (χ0v) is 28.7. The van der Waals surface area contributed by atoms with Gasteiger partial charge in [0.15, 0.2) is 0 Å². The molecule has 0 unspecified atom stereocenters. The van der Waals surface area contributed by atoms with E-state index in [1.54, 1.807) is 24.3 Å². The number of carbonyl (C=O) groups excluding carboxylic acids is 2. The highest BCUT2D eigenvalue weighted by atomic mass is 32.2. The number of nitrogens with one attached hydrogen (secondary N) is 1. The lowest BCUT2D eigenvalue weighted by Crippen LogP contribution is -2.53. The second-order valence-corrected chi connectivity index (χ2v) is 14.0. The highest BCUT2D eigenvalue weighted by Gasteiger charge is 2.34. The van der Waals surface area contributed by atoms with Gasteiger partial charge in [-0.25, -0.2) is 8.42 Å². The summed E-state index contributed by atoms with van der Waals surface area (Å²) in [4.78, 5) is 30.0. The lowest BCUT2D eigenvalue weighted by Gasteiger charge is -2.34. The molecule has 1 atom stereocenters. The maximum Gasteiger partial charge on any atom is 0.264 e. The number of amides is 2. The summed E-state index contributed by atoms with van der Waals surface area (Å²) in [5, 5.41) is 3.02. The molecule has 4 rings (SSSR count). The summed E-state index contributed by atoms with van der Waals surface area (Å²) in [6.07, 6.45) is 0.262. The minimum absolute atomic E-state index is 0.0231. The Morgan fingerprint density at radius 2 is 1.38 bits per heavy atom. The Hall–Kier alpha value is -4.63. The number of ether oxygens (including phenoxy) is 1. The predicted octanol–water partition coefficient (Wildman–Crippen LogP) is 6.31. The molecule has 0 aliphatic carbocycles. The van der Waals surface area contributed by atoms with E-state index in [2.05, 4.69) is 5.32 Å². The highest BCUT2D eigenvalue weighted by molar-refractivity contribution is 7.92. The molecule has 1 N–H and O–H groups in total. The van der Waals surface area contributed by atoms with Gasteiger partial charge in [-0.2, -0.15) is 0 Å². The van der Waals surface area contributed by atoms with Crippen LogP contribution in [0.15, 0.2) is 108 Å². The van der Waals surface area contributed by atoms with E-state index < -0.39 is 28.5 Å². The first kappa shape index (κ1) is 35.2. The van der Waals surface area contributed by atoms with Gasteiger partial charge in [0.2, 0.25) is 11.8 Å². The number of aryl methyl sites for hydroxylation is 2. The van der Waals surface area contributed by atoms with E-state index in [0.29, 0.717) is 24.6 Å². The fourth-order valence-corrected chi connectivity index (χ4v) is 6.52. The summed E-state index contributed by atoms with van der Waals surface area (Å²) in [6.45, 7) is 10.3. The van der Waals surface area contributed by atoms with Crippen molar-refractivity contribution in [3.05, 3.63) is 125 Å². The van der Waals surface area contributed by atoms with Gasteiger partial charge < -0.3 is 15.0 Å². The van der Waals surface area contributed by atoms with Crippen molar-refractivity contribution in [2.24, 2.45) is 5.92 Å². The van der Waals surface area contributed by atoms with E-state index in [4.69, 9.17) is 4.74 Å². The summed E-state index contributed by atoms with van der Waals surface area (Å²) in [6, 6.07) is 29.6. The molecule has 47 heavy (non-hydrogen) atoms. The van der Waals surface area contributed by atoms with E-state index >= 15 is 0 Å². The van der Waals surface area contributed by atoms with Crippen LogP contribution in [0.5, 0.6) is 5.75 Å². The fraction of sp³-hybridized carbons (Fsp3) is 0.316. The molecule has 0 bridgehead atoms. The summed E-state index contributed by atoms with van der Waals surface area (Å²) in [7, 11) is -4.20. The van der Waals surface area contributed by atoms with Crippen LogP contribution in [0.1, 0.15) is 43.0 Å². The van der Waals surface area contributed by atoms with Gasteiger partial charge in [0.1, 0.15) is 18.3 Å². The minimum atomic E-state index is -4.20. The number of sulfonamides is 1. The maximum atomic E-state index is 14.6. The van der Waals surface area contributed by atoms with Crippen molar-refractivity contribution < 1.29 is 22.7 Å². The molecular weight excluding hydrogens is 611 g/mol. The van der Waals surface area contributed by atoms with Crippen LogP contribution in [-0.2, 0) is 32.6 Å². The molecule has 9 heteroatoms. The van der Waals surface area contributed by atoms with Crippen molar-refractivity contribution in [1.29, 1.82) is 0 Å². The van der Waals surface area contributed by atoms with E-state index in [1.165, 1.54) is 17.0 Å². The largest absolute Gasteiger partial charge is 0.494 e. The van der Waals surface area contributed by atoms with E-state index in [0.717, 1.165) is 26.6 Å². The monoisotopic (exact) mass is 655 g/mol. The van der Waals surface area contributed by atoms with Crippen LogP contribution in [-0.4, -0.2) is 50.9 Å². The summed E-state index contributed by atoms with van der Waals surface area (Å²) >= 11 is 0. The van der Waals surface area contributed by atoms with Crippen LogP contribution < -0.4 is 14.4 Å². The van der Waals surface area contributed by atoms with Crippen LogP contribution >= 0.6 is 0 Å². The Bertz CT molecular complexity index is 1710. The average Bonchev–Trinajstić information content (AvgIpc) is 3.06. The van der Waals surface area contributed by atoms with E-state index in [9.17, 15) is 18.0 Å².